The highest BCUT2D eigenvalue weighted by molar-refractivity contribution is 6.30. The smallest absolute Gasteiger partial charge is 0.332 e. The molecule has 14 heteroatoms. The van der Waals surface area contributed by atoms with Gasteiger partial charge in [-0.2, -0.15) is 0 Å². The van der Waals surface area contributed by atoms with Crippen molar-refractivity contribution in [2.24, 2.45) is 0 Å². The average molecular weight is 680 g/mol. The van der Waals surface area contributed by atoms with E-state index in [1.165, 1.54) is 23.8 Å². The molecule has 0 bridgehead atoms. The molecule has 0 amide bonds. The molecule has 1 aromatic heterocycles. The second-order valence-electron chi connectivity index (χ2n) is 11.2. The van der Waals surface area contributed by atoms with Gasteiger partial charge in [0.25, 0.3) is 5.56 Å². The molecule has 5 rings (SSSR count). The molecule has 47 heavy (non-hydrogen) atoms. The number of aromatic nitrogens is 2. The molecule has 0 atom stereocenters. The topological polar surface area (TPSA) is 95.2 Å². The van der Waals surface area contributed by atoms with Crippen molar-refractivity contribution in [2.75, 3.05) is 46.7 Å². The van der Waals surface area contributed by atoms with Crippen LogP contribution in [0.5, 0.6) is 17.2 Å². The zero-order valence-corrected chi connectivity index (χ0v) is 26.3. The van der Waals surface area contributed by atoms with Crippen molar-refractivity contribution >= 4 is 22.5 Å². The predicted molar refractivity (Wildman–Crippen MR) is 168 cm³/mol. The Morgan fingerprint density at radius 3 is 2.36 bits per heavy atom. The summed E-state index contributed by atoms with van der Waals surface area (Å²) in [4.78, 5) is 29.9. The van der Waals surface area contributed by atoms with Crippen molar-refractivity contribution in [3.63, 3.8) is 0 Å². The maximum absolute atomic E-state index is 15.2. The molecule has 9 nitrogen and oxygen atoms in total. The molecule has 4 aromatic rings. The van der Waals surface area contributed by atoms with Crippen molar-refractivity contribution in [1.29, 1.82) is 0 Å². The number of β-amino-alcohol motifs (C(OH)–C–C–N with tert-alkyl or cyclic N) is 1. The zero-order valence-electron chi connectivity index (χ0n) is 25.6. The maximum Gasteiger partial charge on any atom is 0.332 e. The number of ether oxygens (including phenoxy) is 3. The number of likely N-dealkylation sites (tertiary alicyclic amines) is 1. The fourth-order valence-corrected chi connectivity index (χ4v) is 5.85. The third-order valence-corrected chi connectivity index (χ3v) is 8.40. The summed E-state index contributed by atoms with van der Waals surface area (Å²) in [6.07, 6.45) is -0.574. The van der Waals surface area contributed by atoms with Gasteiger partial charge in [0.15, 0.2) is 29.2 Å². The van der Waals surface area contributed by atoms with E-state index in [1.54, 1.807) is 24.3 Å². The Hall–Kier alpha value is -4.07. The standard InChI is InChI=1S/C33H34ClF4N3O6/c1-45-31-12-20(2-5-29(31)46-19-21-3-4-22(34)13-26(21)37)18-40-32(43)25-14-30(47-24(16-35)17-36)27(38)15-28(25)41(33(40)44)23-6-8-39(9-7-23)10-11-42/h2-5,12-15,23-24,42H,6-11,16-19H2,1H3. The van der Waals surface area contributed by atoms with E-state index in [9.17, 15) is 27.9 Å². The van der Waals surface area contributed by atoms with Gasteiger partial charge in [0.1, 0.15) is 25.8 Å². The molecular weight excluding hydrogens is 646 g/mol. The number of aliphatic hydroxyl groups excluding tert-OH is 1. The van der Waals surface area contributed by atoms with Crippen LogP contribution in [0.4, 0.5) is 17.6 Å². The fraction of sp³-hybridized carbons (Fsp3) is 0.394. The van der Waals surface area contributed by atoms with Crippen LogP contribution in [0.3, 0.4) is 0 Å². The third-order valence-electron chi connectivity index (χ3n) is 8.17. The number of fused-ring (bicyclic) bond motifs is 1. The normalized spacial score (nSPS) is 14.2. The lowest BCUT2D eigenvalue weighted by Gasteiger charge is -2.33. The quantitative estimate of drug-likeness (QED) is 0.198. The van der Waals surface area contributed by atoms with Crippen molar-refractivity contribution in [3.05, 3.63) is 97.2 Å². The van der Waals surface area contributed by atoms with E-state index in [2.05, 4.69) is 0 Å². The van der Waals surface area contributed by atoms with Crippen LogP contribution >= 0.6 is 11.6 Å². The summed E-state index contributed by atoms with van der Waals surface area (Å²) < 4.78 is 74.7. The summed E-state index contributed by atoms with van der Waals surface area (Å²) in [7, 11) is 1.41. The van der Waals surface area contributed by atoms with Gasteiger partial charge in [-0.3, -0.25) is 13.9 Å². The summed E-state index contributed by atoms with van der Waals surface area (Å²) in [6, 6.07) is 10.7. The van der Waals surface area contributed by atoms with Crippen molar-refractivity contribution in [2.45, 2.75) is 38.1 Å². The SMILES string of the molecule is COc1cc(Cn2c(=O)c3cc(OC(CF)CF)c(F)cc3n(C3CCN(CCO)CC3)c2=O)ccc1OCc1ccc(Cl)cc1F. The second kappa shape index (κ2) is 15.2. The Kier molecular flexibility index (Phi) is 11.1. The number of aliphatic hydroxyl groups is 1. The maximum atomic E-state index is 15.2. The highest BCUT2D eigenvalue weighted by atomic mass is 35.5. The molecule has 1 fully saturated rings. The van der Waals surface area contributed by atoms with Crippen molar-refractivity contribution < 1.29 is 36.9 Å². The summed E-state index contributed by atoms with van der Waals surface area (Å²) in [5.74, 6) is -1.45. The number of hydrogen-bond donors (Lipinski definition) is 1. The van der Waals surface area contributed by atoms with Crippen LogP contribution in [0.15, 0.2) is 58.1 Å². The Morgan fingerprint density at radius 1 is 0.957 bits per heavy atom. The van der Waals surface area contributed by atoms with Gasteiger partial charge >= 0.3 is 5.69 Å². The van der Waals surface area contributed by atoms with E-state index in [-0.39, 0.29) is 52.7 Å². The molecule has 0 saturated carbocycles. The summed E-state index contributed by atoms with van der Waals surface area (Å²) in [5, 5.41) is 9.52. The number of halogens is 5. The first-order valence-corrected chi connectivity index (χ1v) is 15.4. The number of hydrogen-bond acceptors (Lipinski definition) is 7. The van der Waals surface area contributed by atoms with Gasteiger partial charge in [0, 0.05) is 42.3 Å². The van der Waals surface area contributed by atoms with Crippen LogP contribution < -0.4 is 25.5 Å². The fourth-order valence-electron chi connectivity index (χ4n) is 5.69. The van der Waals surface area contributed by atoms with E-state index in [0.717, 1.165) is 16.7 Å². The van der Waals surface area contributed by atoms with Crippen LogP contribution in [0.1, 0.15) is 30.0 Å². The van der Waals surface area contributed by atoms with Crippen LogP contribution in [-0.4, -0.2) is 71.9 Å². The van der Waals surface area contributed by atoms with Gasteiger partial charge < -0.3 is 24.2 Å². The Balaban J connectivity index is 1.53. The minimum atomic E-state index is -1.56. The van der Waals surface area contributed by atoms with Crippen LogP contribution in [0, 0.1) is 11.6 Å². The lowest BCUT2D eigenvalue weighted by molar-refractivity contribution is 0.128. The molecule has 1 aliphatic heterocycles. The van der Waals surface area contributed by atoms with E-state index in [1.807, 2.05) is 4.90 Å². The van der Waals surface area contributed by atoms with Gasteiger partial charge in [-0.15, -0.1) is 0 Å². The highest BCUT2D eigenvalue weighted by Crippen LogP contribution is 2.31. The van der Waals surface area contributed by atoms with Gasteiger partial charge in [0.2, 0.25) is 0 Å². The Labute approximate surface area is 272 Å². The Bertz CT molecular complexity index is 1840. The minimum absolute atomic E-state index is 0.0174. The number of benzene rings is 3. The van der Waals surface area contributed by atoms with Gasteiger partial charge in [-0.25, -0.2) is 22.4 Å². The van der Waals surface area contributed by atoms with Crippen LogP contribution in [0.2, 0.25) is 5.02 Å². The van der Waals surface area contributed by atoms with Crippen molar-refractivity contribution in [3.8, 4) is 17.2 Å². The van der Waals surface area contributed by atoms with Gasteiger partial charge in [-0.1, -0.05) is 23.7 Å². The van der Waals surface area contributed by atoms with Crippen molar-refractivity contribution in [1.82, 2.24) is 14.0 Å². The molecule has 0 unspecified atom stereocenters. The first kappa shape index (κ1) is 34.3. The number of methoxy groups -OCH3 is 1. The van der Waals surface area contributed by atoms with E-state index >= 15 is 4.39 Å². The number of alkyl halides is 2. The second-order valence-corrected chi connectivity index (χ2v) is 11.6. The number of rotatable bonds is 13. The molecule has 3 aromatic carbocycles. The first-order valence-electron chi connectivity index (χ1n) is 15.0. The summed E-state index contributed by atoms with van der Waals surface area (Å²) in [5.41, 5.74) is -0.620. The average Bonchev–Trinajstić information content (AvgIpc) is 3.06. The first-order chi connectivity index (χ1) is 22.7. The minimum Gasteiger partial charge on any atom is -0.493 e. The van der Waals surface area contributed by atoms with E-state index in [4.69, 9.17) is 25.8 Å². The lowest BCUT2D eigenvalue weighted by atomic mass is 10.0. The largest absolute Gasteiger partial charge is 0.493 e. The molecule has 0 aliphatic carbocycles. The molecule has 1 N–H and O–H groups in total. The molecule has 2 heterocycles. The van der Waals surface area contributed by atoms with E-state index in [0.29, 0.717) is 38.0 Å². The monoisotopic (exact) mass is 679 g/mol. The Morgan fingerprint density at radius 2 is 1.70 bits per heavy atom. The lowest BCUT2D eigenvalue weighted by Crippen LogP contribution is -2.44. The summed E-state index contributed by atoms with van der Waals surface area (Å²) >= 11 is 5.83. The zero-order chi connectivity index (χ0) is 33.7. The predicted octanol–water partition coefficient (Wildman–Crippen LogP) is 5.05. The molecule has 1 aliphatic rings. The molecular formula is C33H34ClF4N3O6. The van der Waals surface area contributed by atoms with Crippen LogP contribution in [-0.2, 0) is 13.2 Å². The molecule has 1 saturated heterocycles. The highest BCUT2D eigenvalue weighted by Gasteiger charge is 2.26. The van der Waals surface area contributed by atoms with E-state index < -0.39 is 54.1 Å². The molecule has 0 radical (unpaired) electrons. The van der Waals surface area contributed by atoms with Gasteiger partial charge in [-0.05, 0) is 48.7 Å². The summed E-state index contributed by atoms with van der Waals surface area (Å²) in [6.45, 7) is -1.15. The van der Waals surface area contributed by atoms with Gasteiger partial charge in [0.05, 0.1) is 31.2 Å². The number of nitrogens with zero attached hydrogens (tertiary/aromatic N) is 3. The molecule has 0 spiro atoms. The van der Waals surface area contributed by atoms with Crippen LogP contribution in [0.25, 0.3) is 10.9 Å². The molecule has 252 valence electrons. The third kappa shape index (κ3) is 7.58. The number of piperidine rings is 1.